The van der Waals surface area contributed by atoms with E-state index in [4.69, 9.17) is 11.6 Å². The fraction of sp³-hybridized carbons (Fsp3) is 0.650. The van der Waals surface area contributed by atoms with Gasteiger partial charge in [-0.3, -0.25) is 9.89 Å². The van der Waals surface area contributed by atoms with Crippen LogP contribution in [0.25, 0.3) is 0 Å². The van der Waals surface area contributed by atoms with E-state index in [0.29, 0.717) is 5.92 Å². The fourth-order valence-corrected chi connectivity index (χ4v) is 3.94. The molecule has 2 rings (SSSR count). The summed E-state index contributed by atoms with van der Waals surface area (Å²) in [6.45, 7) is 5.23. The molecule has 6 heteroatoms. The Kier molecular flexibility index (Phi) is 10.3. The van der Waals surface area contributed by atoms with Gasteiger partial charge in [-0.1, -0.05) is 29.8 Å². The monoisotopic (exact) mass is 396 g/mol. The molecule has 1 heterocycles. The quantitative estimate of drug-likeness (QED) is 0.377. The minimum Gasteiger partial charge on any atom is -0.356 e. The first-order valence-electron chi connectivity index (χ1n) is 9.62. The molecule has 0 aliphatic carbocycles. The summed E-state index contributed by atoms with van der Waals surface area (Å²) in [6, 6.07) is 8.17. The number of aliphatic imine (C=N–C) groups is 1. The van der Waals surface area contributed by atoms with Gasteiger partial charge in [0.2, 0.25) is 0 Å². The second kappa shape index (κ2) is 12.5. The zero-order valence-corrected chi connectivity index (χ0v) is 17.7. The number of unbranched alkanes of at least 4 members (excludes halogenated alkanes) is 1. The molecule has 0 aromatic heterocycles. The first-order valence-corrected chi connectivity index (χ1v) is 11.4. The molecule has 146 valence electrons. The minimum absolute atomic E-state index is 0.715. The number of nitrogens with one attached hydrogen (secondary N) is 2. The average molecular weight is 397 g/mol. The van der Waals surface area contributed by atoms with E-state index in [9.17, 15) is 0 Å². The number of guanidine groups is 1. The highest BCUT2D eigenvalue weighted by atomic mass is 35.5. The number of benzene rings is 1. The third-order valence-corrected chi connectivity index (χ3v) is 5.97. The van der Waals surface area contributed by atoms with Gasteiger partial charge in [-0.2, -0.15) is 11.8 Å². The molecule has 0 amide bonds. The molecular formula is C20H33ClN4S. The normalized spacial score (nSPS) is 16.7. The Morgan fingerprint density at radius 2 is 2.00 bits per heavy atom. The second-order valence-electron chi connectivity index (χ2n) is 6.89. The predicted octanol–water partition coefficient (Wildman–Crippen LogP) is 3.86. The van der Waals surface area contributed by atoms with Gasteiger partial charge in [0.1, 0.15) is 0 Å². The summed E-state index contributed by atoms with van der Waals surface area (Å²) in [5.74, 6) is 2.89. The first-order chi connectivity index (χ1) is 12.7. The molecule has 0 unspecified atom stereocenters. The number of nitrogens with zero attached hydrogens (tertiary/aromatic N) is 2. The van der Waals surface area contributed by atoms with Crippen molar-refractivity contribution >= 4 is 29.3 Å². The van der Waals surface area contributed by atoms with E-state index in [1.807, 2.05) is 30.9 Å². The first kappa shape index (κ1) is 21.4. The summed E-state index contributed by atoms with van der Waals surface area (Å²) in [5.41, 5.74) is 1.23. The molecule has 26 heavy (non-hydrogen) atoms. The van der Waals surface area contributed by atoms with E-state index in [2.05, 4.69) is 38.9 Å². The Morgan fingerprint density at radius 3 is 2.69 bits per heavy atom. The smallest absolute Gasteiger partial charge is 0.190 e. The van der Waals surface area contributed by atoms with Crippen LogP contribution in [0.4, 0.5) is 0 Å². The number of likely N-dealkylation sites (tertiary alicyclic amines) is 1. The number of piperidine rings is 1. The largest absolute Gasteiger partial charge is 0.356 e. The van der Waals surface area contributed by atoms with Gasteiger partial charge in [0.25, 0.3) is 0 Å². The van der Waals surface area contributed by atoms with Crippen molar-refractivity contribution in [1.82, 2.24) is 15.5 Å². The van der Waals surface area contributed by atoms with E-state index in [-0.39, 0.29) is 0 Å². The minimum atomic E-state index is 0.715. The van der Waals surface area contributed by atoms with Gasteiger partial charge in [-0.15, -0.1) is 0 Å². The maximum absolute atomic E-state index is 6.28. The third kappa shape index (κ3) is 7.77. The Morgan fingerprint density at radius 1 is 1.23 bits per heavy atom. The SMILES string of the molecule is CN=C(NCCCCSC)NCC1CCN(Cc2ccccc2Cl)CC1. The number of rotatable bonds is 9. The van der Waals surface area contributed by atoms with Crippen molar-refractivity contribution in [1.29, 1.82) is 0 Å². The number of halogens is 1. The van der Waals surface area contributed by atoms with Crippen molar-refractivity contribution in [3.63, 3.8) is 0 Å². The summed E-state index contributed by atoms with van der Waals surface area (Å²) in [7, 11) is 1.85. The molecule has 1 aliphatic heterocycles. The van der Waals surface area contributed by atoms with E-state index in [1.54, 1.807) is 0 Å². The van der Waals surface area contributed by atoms with Crippen LogP contribution in [0.1, 0.15) is 31.2 Å². The molecule has 1 fully saturated rings. The number of hydrogen-bond donors (Lipinski definition) is 2. The predicted molar refractivity (Wildman–Crippen MR) is 116 cm³/mol. The number of hydrogen-bond acceptors (Lipinski definition) is 3. The van der Waals surface area contributed by atoms with Crippen LogP contribution in [0.5, 0.6) is 0 Å². The molecule has 0 bridgehead atoms. The van der Waals surface area contributed by atoms with Gasteiger partial charge in [0.15, 0.2) is 5.96 Å². The Bertz CT molecular complexity index is 544. The lowest BCUT2D eigenvalue weighted by molar-refractivity contribution is 0.178. The molecule has 1 aromatic carbocycles. The summed E-state index contributed by atoms with van der Waals surface area (Å²) in [4.78, 5) is 6.85. The summed E-state index contributed by atoms with van der Waals surface area (Å²) >= 11 is 8.20. The van der Waals surface area contributed by atoms with Crippen LogP contribution in [-0.4, -0.2) is 56.1 Å². The van der Waals surface area contributed by atoms with Crippen molar-refractivity contribution in [3.05, 3.63) is 34.9 Å². The lowest BCUT2D eigenvalue weighted by Gasteiger charge is -2.32. The second-order valence-corrected chi connectivity index (χ2v) is 8.28. The lowest BCUT2D eigenvalue weighted by atomic mass is 9.96. The highest BCUT2D eigenvalue weighted by Crippen LogP contribution is 2.21. The van der Waals surface area contributed by atoms with Crippen LogP contribution in [0.15, 0.2) is 29.3 Å². The molecule has 0 spiro atoms. The fourth-order valence-electron chi connectivity index (χ4n) is 3.26. The number of thioether (sulfide) groups is 1. The van der Waals surface area contributed by atoms with Crippen LogP contribution >= 0.6 is 23.4 Å². The topological polar surface area (TPSA) is 39.7 Å². The Balaban J connectivity index is 1.62. The zero-order chi connectivity index (χ0) is 18.6. The van der Waals surface area contributed by atoms with Crippen molar-refractivity contribution in [2.45, 2.75) is 32.2 Å². The molecule has 0 atom stereocenters. The molecule has 4 nitrogen and oxygen atoms in total. The summed E-state index contributed by atoms with van der Waals surface area (Å²) < 4.78 is 0. The van der Waals surface area contributed by atoms with Gasteiger partial charge in [0, 0.05) is 31.7 Å². The highest BCUT2D eigenvalue weighted by molar-refractivity contribution is 7.98. The molecular weight excluding hydrogens is 364 g/mol. The summed E-state index contributed by atoms with van der Waals surface area (Å²) in [5, 5.41) is 7.80. The van der Waals surface area contributed by atoms with Crippen LogP contribution < -0.4 is 10.6 Å². The third-order valence-electron chi connectivity index (χ3n) is 4.91. The van der Waals surface area contributed by atoms with E-state index in [0.717, 1.165) is 43.7 Å². The van der Waals surface area contributed by atoms with E-state index in [1.165, 1.54) is 37.0 Å². The van der Waals surface area contributed by atoms with Crippen LogP contribution in [-0.2, 0) is 6.54 Å². The highest BCUT2D eigenvalue weighted by Gasteiger charge is 2.20. The molecule has 2 N–H and O–H groups in total. The van der Waals surface area contributed by atoms with Gasteiger partial charge in [-0.05, 0) is 68.3 Å². The van der Waals surface area contributed by atoms with Crippen molar-refractivity contribution in [2.24, 2.45) is 10.9 Å². The van der Waals surface area contributed by atoms with Crippen molar-refractivity contribution < 1.29 is 0 Å². The van der Waals surface area contributed by atoms with Gasteiger partial charge >= 0.3 is 0 Å². The van der Waals surface area contributed by atoms with Crippen molar-refractivity contribution in [2.75, 3.05) is 45.2 Å². The Labute approximate surface area is 168 Å². The standard InChI is InChI=1S/C20H33ClN4S/c1-22-20(23-11-5-6-14-26-2)24-15-17-9-12-25(13-10-17)16-18-7-3-4-8-19(18)21/h3-4,7-8,17H,5-6,9-16H2,1-2H3,(H2,22,23,24). The van der Waals surface area contributed by atoms with Crippen LogP contribution in [0.2, 0.25) is 5.02 Å². The lowest BCUT2D eigenvalue weighted by Crippen LogP contribution is -2.43. The molecule has 1 aromatic rings. The van der Waals surface area contributed by atoms with Crippen molar-refractivity contribution in [3.8, 4) is 0 Å². The Hall–Kier alpha value is -0.910. The molecule has 0 radical (unpaired) electrons. The summed E-state index contributed by atoms with van der Waals surface area (Å²) in [6.07, 6.45) is 7.06. The molecule has 1 saturated heterocycles. The zero-order valence-electron chi connectivity index (χ0n) is 16.1. The average Bonchev–Trinajstić information content (AvgIpc) is 2.67. The maximum Gasteiger partial charge on any atom is 0.190 e. The molecule has 1 aliphatic rings. The van der Waals surface area contributed by atoms with E-state index < -0.39 is 0 Å². The van der Waals surface area contributed by atoms with Gasteiger partial charge < -0.3 is 10.6 Å². The van der Waals surface area contributed by atoms with Gasteiger partial charge in [0.05, 0.1) is 0 Å². The van der Waals surface area contributed by atoms with E-state index >= 15 is 0 Å². The maximum atomic E-state index is 6.28. The molecule has 0 saturated carbocycles. The van der Waals surface area contributed by atoms with Crippen LogP contribution in [0, 0.1) is 5.92 Å². The van der Waals surface area contributed by atoms with Gasteiger partial charge in [-0.25, -0.2) is 0 Å². The van der Waals surface area contributed by atoms with Crippen LogP contribution in [0.3, 0.4) is 0 Å².